The van der Waals surface area contributed by atoms with Crippen LogP contribution in [0, 0.1) is 5.92 Å². The lowest BCUT2D eigenvalue weighted by atomic mass is 10.1. The average Bonchev–Trinajstić information content (AvgIpc) is 2.87. The second-order valence-electron chi connectivity index (χ2n) is 3.82. The Balaban J connectivity index is 1.95. The Kier molecular flexibility index (Phi) is 2.31. The van der Waals surface area contributed by atoms with Crippen molar-refractivity contribution >= 4 is 0 Å². The van der Waals surface area contributed by atoms with E-state index in [1.165, 1.54) is 12.8 Å². The molecular formula is C9H16N4. The minimum absolute atomic E-state index is 0.594. The van der Waals surface area contributed by atoms with E-state index in [0.717, 1.165) is 18.0 Å². The van der Waals surface area contributed by atoms with Crippen molar-refractivity contribution in [2.75, 3.05) is 7.05 Å². The molecule has 0 aliphatic heterocycles. The molecule has 0 saturated heterocycles. The molecule has 1 fully saturated rings. The highest BCUT2D eigenvalue weighted by Crippen LogP contribution is 2.33. The van der Waals surface area contributed by atoms with Gasteiger partial charge in [-0.3, -0.25) is 4.68 Å². The molecule has 13 heavy (non-hydrogen) atoms. The smallest absolute Gasteiger partial charge is 0.0842 e. The van der Waals surface area contributed by atoms with Gasteiger partial charge in [0, 0.05) is 25.7 Å². The minimum atomic E-state index is 0.594. The molecule has 1 saturated carbocycles. The van der Waals surface area contributed by atoms with Gasteiger partial charge in [-0.2, -0.15) is 0 Å². The summed E-state index contributed by atoms with van der Waals surface area (Å²) in [5, 5.41) is 11.4. The summed E-state index contributed by atoms with van der Waals surface area (Å²) < 4.78 is 1.76. The number of hydrogen-bond acceptors (Lipinski definition) is 3. The lowest BCUT2D eigenvalue weighted by Gasteiger charge is -2.12. The number of likely N-dealkylation sites (N-methyl/N-ethyl adjacent to an activating group) is 1. The molecule has 0 bridgehead atoms. The fourth-order valence-corrected chi connectivity index (χ4v) is 1.72. The van der Waals surface area contributed by atoms with Crippen LogP contribution in [0.4, 0.5) is 0 Å². The minimum Gasteiger partial charge on any atom is -0.316 e. The maximum Gasteiger partial charge on any atom is 0.0842 e. The largest absolute Gasteiger partial charge is 0.316 e. The van der Waals surface area contributed by atoms with Crippen LogP contribution in [0.2, 0.25) is 0 Å². The fraction of sp³-hybridized carbons (Fsp3) is 0.778. The molecule has 72 valence electrons. The highest BCUT2D eigenvalue weighted by molar-refractivity contribution is 4.99. The summed E-state index contributed by atoms with van der Waals surface area (Å²) in [6, 6.07) is 0.594. The van der Waals surface area contributed by atoms with Gasteiger partial charge in [-0.25, -0.2) is 0 Å². The molecule has 1 atom stereocenters. The van der Waals surface area contributed by atoms with Gasteiger partial charge in [0.2, 0.25) is 0 Å². The third-order valence-corrected chi connectivity index (χ3v) is 2.64. The van der Waals surface area contributed by atoms with Crippen molar-refractivity contribution in [2.45, 2.75) is 25.3 Å². The third kappa shape index (κ3) is 2.06. The predicted octanol–water partition coefficient (Wildman–Crippen LogP) is 0.356. The molecule has 1 unspecified atom stereocenters. The van der Waals surface area contributed by atoms with E-state index >= 15 is 0 Å². The van der Waals surface area contributed by atoms with Gasteiger partial charge in [-0.05, 0) is 25.8 Å². The molecule has 0 radical (unpaired) electrons. The Labute approximate surface area is 78.3 Å². The Morgan fingerprint density at radius 1 is 1.69 bits per heavy atom. The number of nitrogens with zero attached hydrogens (tertiary/aromatic N) is 3. The van der Waals surface area contributed by atoms with Crippen LogP contribution in [-0.2, 0) is 13.5 Å². The molecule has 4 heteroatoms. The van der Waals surface area contributed by atoms with Gasteiger partial charge in [-0.1, -0.05) is 5.21 Å². The molecule has 0 amide bonds. The zero-order chi connectivity index (χ0) is 9.26. The first-order valence-electron chi connectivity index (χ1n) is 4.82. The molecule has 2 rings (SSSR count). The normalized spacial score (nSPS) is 18.9. The molecule has 0 spiro atoms. The zero-order valence-corrected chi connectivity index (χ0v) is 8.20. The van der Waals surface area contributed by atoms with Crippen molar-refractivity contribution in [1.82, 2.24) is 20.3 Å². The maximum atomic E-state index is 4.09. The molecule has 1 aromatic rings. The van der Waals surface area contributed by atoms with Crippen molar-refractivity contribution in [2.24, 2.45) is 13.0 Å². The van der Waals surface area contributed by atoms with Crippen molar-refractivity contribution in [3.63, 3.8) is 0 Å². The summed E-state index contributed by atoms with van der Waals surface area (Å²) in [6.07, 6.45) is 5.74. The molecule has 4 nitrogen and oxygen atoms in total. The average molecular weight is 180 g/mol. The zero-order valence-electron chi connectivity index (χ0n) is 8.20. The topological polar surface area (TPSA) is 42.7 Å². The maximum absolute atomic E-state index is 4.09. The first-order chi connectivity index (χ1) is 6.29. The summed E-state index contributed by atoms with van der Waals surface area (Å²) in [5.74, 6) is 0.868. The van der Waals surface area contributed by atoms with Crippen LogP contribution in [-0.4, -0.2) is 28.1 Å². The first-order valence-corrected chi connectivity index (χ1v) is 4.82. The third-order valence-electron chi connectivity index (χ3n) is 2.64. The van der Waals surface area contributed by atoms with E-state index in [4.69, 9.17) is 0 Å². The number of aromatic nitrogens is 3. The van der Waals surface area contributed by atoms with E-state index in [1.54, 1.807) is 4.68 Å². The van der Waals surface area contributed by atoms with Crippen LogP contribution in [0.5, 0.6) is 0 Å². The van der Waals surface area contributed by atoms with Gasteiger partial charge in [0.15, 0.2) is 0 Å². The fourth-order valence-electron chi connectivity index (χ4n) is 1.72. The molecule has 0 aromatic carbocycles. The lowest BCUT2D eigenvalue weighted by molar-refractivity contribution is 0.495. The summed E-state index contributed by atoms with van der Waals surface area (Å²) in [4.78, 5) is 0. The van der Waals surface area contributed by atoms with Crippen LogP contribution < -0.4 is 5.32 Å². The van der Waals surface area contributed by atoms with E-state index in [0.29, 0.717) is 6.04 Å². The lowest BCUT2D eigenvalue weighted by Crippen LogP contribution is -2.29. The van der Waals surface area contributed by atoms with E-state index in [-0.39, 0.29) is 0 Å². The van der Waals surface area contributed by atoms with Crippen LogP contribution in [0.3, 0.4) is 0 Å². The van der Waals surface area contributed by atoms with Crippen LogP contribution in [0.25, 0.3) is 0 Å². The van der Waals surface area contributed by atoms with Crippen molar-refractivity contribution in [3.8, 4) is 0 Å². The SMILES string of the molecule is CNC(Cc1cn(C)nn1)C1CC1. The van der Waals surface area contributed by atoms with E-state index in [2.05, 4.69) is 15.6 Å². The van der Waals surface area contributed by atoms with Gasteiger partial charge in [0.05, 0.1) is 5.69 Å². The highest BCUT2D eigenvalue weighted by atomic mass is 15.4. The van der Waals surface area contributed by atoms with E-state index in [1.807, 2.05) is 20.3 Å². The molecule has 1 aliphatic carbocycles. The highest BCUT2D eigenvalue weighted by Gasteiger charge is 2.30. The first kappa shape index (κ1) is 8.69. The van der Waals surface area contributed by atoms with E-state index in [9.17, 15) is 0 Å². The van der Waals surface area contributed by atoms with Crippen molar-refractivity contribution in [3.05, 3.63) is 11.9 Å². The Hall–Kier alpha value is -0.900. The summed E-state index contributed by atoms with van der Waals surface area (Å²) in [6.45, 7) is 0. The quantitative estimate of drug-likeness (QED) is 0.727. The number of aryl methyl sites for hydroxylation is 1. The van der Waals surface area contributed by atoms with Gasteiger partial charge >= 0.3 is 0 Å². The number of hydrogen-bond donors (Lipinski definition) is 1. The van der Waals surface area contributed by atoms with Crippen molar-refractivity contribution < 1.29 is 0 Å². The standard InChI is InChI=1S/C9H16N4/c1-10-9(7-3-4-7)5-8-6-13(2)12-11-8/h6-7,9-10H,3-5H2,1-2H3. The van der Waals surface area contributed by atoms with Gasteiger partial charge < -0.3 is 5.32 Å². The predicted molar refractivity (Wildman–Crippen MR) is 50.3 cm³/mol. The summed E-state index contributed by atoms with van der Waals surface area (Å²) in [7, 11) is 3.93. The van der Waals surface area contributed by atoms with Crippen LogP contribution in [0.15, 0.2) is 6.20 Å². The monoisotopic (exact) mass is 180 g/mol. The van der Waals surface area contributed by atoms with Crippen molar-refractivity contribution in [1.29, 1.82) is 0 Å². The number of rotatable bonds is 4. The van der Waals surface area contributed by atoms with E-state index < -0.39 is 0 Å². The van der Waals surface area contributed by atoms with Gasteiger partial charge in [0.25, 0.3) is 0 Å². The Bertz CT molecular complexity index is 277. The Morgan fingerprint density at radius 2 is 2.46 bits per heavy atom. The van der Waals surface area contributed by atoms with Crippen LogP contribution >= 0.6 is 0 Å². The molecule has 1 aromatic heterocycles. The van der Waals surface area contributed by atoms with Gasteiger partial charge in [0.1, 0.15) is 0 Å². The molecule has 1 heterocycles. The summed E-state index contributed by atoms with van der Waals surface area (Å²) in [5.41, 5.74) is 1.09. The molecule has 1 aliphatic rings. The Morgan fingerprint density at radius 3 is 2.92 bits per heavy atom. The molecule has 1 N–H and O–H groups in total. The van der Waals surface area contributed by atoms with Gasteiger partial charge in [-0.15, -0.1) is 5.10 Å². The second kappa shape index (κ2) is 3.46. The summed E-state index contributed by atoms with van der Waals surface area (Å²) >= 11 is 0. The van der Waals surface area contributed by atoms with Crippen LogP contribution in [0.1, 0.15) is 18.5 Å². The molecular weight excluding hydrogens is 164 g/mol. The number of nitrogens with one attached hydrogen (secondary N) is 1. The second-order valence-corrected chi connectivity index (χ2v) is 3.82.